The lowest BCUT2D eigenvalue weighted by atomic mass is 10.3. The van der Waals surface area contributed by atoms with Crippen molar-refractivity contribution in [1.82, 2.24) is 5.32 Å². The summed E-state index contributed by atoms with van der Waals surface area (Å²) >= 11 is 0. The van der Waals surface area contributed by atoms with E-state index in [-0.39, 0.29) is 5.91 Å². The van der Waals surface area contributed by atoms with E-state index >= 15 is 0 Å². The van der Waals surface area contributed by atoms with Crippen LogP contribution in [-0.4, -0.2) is 23.2 Å². The molecular formula is C6H13NOSi. The normalized spacial score (nSPS) is 8.78. The Labute approximate surface area is 58.8 Å². The third kappa shape index (κ3) is 2.46. The molecule has 0 aliphatic rings. The molecular weight excluding hydrogens is 130 g/mol. The fourth-order valence-corrected chi connectivity index (χ4v) is 0.665. The highest BCUT2D eigenvalue weighted by molar-refractivity contribution is 6.36. The predicted octanol–water partition coefficient (Wildman–Crippen LogP) is -0.608. The monoisotopic (exact) mass is 143 g/mol. The summed E-state index contributed by atoms with van der Waals surface area (Å²) in [6.07, 6.45) is 0. The number of carbonyl (C=O) groups is 1. The van der Waals surface area contributed by atoms with Gasteiger partial charge in [-0.25, -0.2) is 0 Å². The molecule has 2 nitrogen and oxygen atoms in total. The van der Waals surface area contributed by atoms with Gasteiger partial charge in [0.05, 0.1) is 0 Å². The van der Waals surface area contributed by atoms with E-state index < -0.39 is 0 Å². The molecule has 0 atom stereocenters. The van der Waals surface area contributed by atoms with E-state index in [4.69, 9.17) is 0 Å². The maximum Gasteiger partial charge on any atom is 0.241 e. The number of rotatable bonds is 1. The lowest BCUT2D eigenvalue weighted by molar-refractivity contribution is -0.116. The first-order valence-electron chi connectivity index (χ1n) is 2.95. The van der Waals surface area contributed by atoms with Gasteiger partial charge in [0.15, 0.2) is 0 Å². The van der Waals surface area contributed by atoms with Crippen LogP contribution < -0.4 is 5.32 Å². The van der Waals surface area contributed by atoms with Gasteiger partial charge in [-0.05, 0) is 19.0 Å². The zero-order valence-electron chi connectivity index (χ0n) is 6.41. The number of likely N-dealkylation sites (N-methyl/N-ethyl adjacent to an activating group) is 1. The van der Waals surface area contributed by atoms with Crippen molar-refractivity contribution in [3.63, 3.8) is 0 Å². The van der Waals surface area contributed by atoms with Gasteiger partial charge in [-0.3, -0.25) is 4.79 Å². The first kappa shape index (κ1) is 8.43. The van der Waals surface area contributed by atoms with Crippen molar-refractivity contribution in [2.75, 3.05) is 7.05 Å². The van der Waals surface area contributed by atoms with Crippen LogP contribution in [0.5, 0.6) is 0 Å². The molecule has 0 aliphatic carbocycles. The highest BCUT2D eigenvalue weighted by Gasteiger charge is 1.99. The second-order valence-electron chi connectivity index (χ2n) is 2.20. The predicted molar refractivity (Wildman–Crippen MR) is 42.4 cm³/mol. The highest BCUT2D eigenvalue weighted by Crippen LogP contribution is 1.96. The maximum atomic E-state index is 10.8. The number of nitrogens with one attached hydrogen (secondary N) is 1. The van der Waals surface area contributed by atoms with Gasteiger partial charge >= 0.3 is 0 Å². The fraction of sp³-hybridized carbons (Fsp3) is 0.500. The van der Waals surface area contributed by atoms with Crippen molar-refractivity contribution in [1.29, 1.82) is 0 Å². The van der Waals surface area contributed by atoms with E-state index in [1.54, 1.807) is 7.05 Å². The minimum atomic E-state index is 0.0710. The Morgan fingerprint density at radius 2 is 1.89 bits per heavy atom. The zero-order chi connectivity index (χ0) is 7.44. The largest absolute Gasteiger partial charge is 0.356 e. The van der Waals surface area contributed by atoms with Crippen molar-refractivity contribution >= 4 is 16.1 Å². The van der Waals surface area contributed by atoms with E-state index in [9.17, 15) is 4.79 Å². The van der Waals surface area contributed by atoms with E-state index in [0.717, 1.165) is 21.0 Å². The minimum Gasteiger partial charge on any atom is -0.356 e. The van der Waals surface area contributed by atoms with Crippen LogP contribution in [-0.2, 0) is 4.79 Å². The first-order valence-corrected chi connectivity index (χ1v) is 3.95. The molecule has 0 saturated carbocycles. The summed E-state index contributed by atoms with van der Waals surface area (Å²) in [6, 6.07) is 0. The van der Waals surface area contributed by atoms with Gasteiger partial charge in [0, 0.05) is 17.3 Å². The molecule has 0 fully saturated rings. The Morgan fingerprint density at radius 3 is 2.00 bits per heavy atom. The van der Waals surface area contributed by atoms with Crippen molar-refractivity contribution in [3.05, 3.63) is 10.8 Å². The molecule has 1 N–H and O–H groups in total. The Kier molecular flexibility index (Phi) is 3.23. The van der Waals surface area contributed by atoms with Gasteiger partial charge in [0.25, 0.3) is 0 Å². The summed E-state index contributed by atoms with van der Waals surface area (Å²) in [4.78, 5) is 10.8. The van der Waals surface area contributed by atoms with Crippen LogP contribution in [0.3, 0.4) is 0 Å². The molecule has 1 amide bonds. The Morgan fingerprint density at radius 1 is 1.44 bits per heavy atom. The molecule has 0 spiro atoms. The second kappa shape index (κ2) is 3.45. The Bertz CT molecular complexity index is 147. The molecule has 0 unspecified atom stereocenters. The van der Waals surface area contributed by atoms with Gasteiger partial charge in [0.2, 0.25) is 5.91 Å². The van der Waals surface area contributed by atoms with Gasteiger partial charge < -0.3 is 5.32 Å². The second-order valence-corrected chi connectivity index (χ2v) is 3.20. The molecule has 0 rings (SSSR count). The molecule has 52 valence electrons. The van der Waals surface area contributed by atoms with Crippen LogP contribution in [0, 0.1) is 0 Å². The van der Waals surface area contributed by atoms with Crippen LogP contribution in [0.2, 0.25) is 0 Å². The number of carbonyl (C=O) groups excluding carboxylic acids is 1. The van der Waals surface area contributed by atoms with Gasteiger partial charge in [-0.1, -0.05) is 5.57 Å². The molecule has 0 aliphatic heterocycles. The van der Waals surface area contributed by atoms with Gasteiger partial charge in [-0.15, -0.1) is 0 Å². The third-order valence-electron chi connectivity index (χ3n) is 1.32. The minimum absolute atomic E-state index is 0.0710. The van der Waals surface area contributed by atoms with Crippen molar-refractivity contribution in [2.24, 2.45) is 0 Å². The number of amides is 1. The molecule has 0 aromatic rings. The first-order chi connectivity index (χ1) is 4.09. The standard InChI is InChI=1S/C6H13NOSi/c1-4(2)5(9)6(8)7-3/h1-3,9H3,(H,7,8). The lowest BCUT2D eigenvalue weighted by Crippen LogP contribution is -2.20. The summed E-state index contributed by atoms with van der Waals surface area (Å²) in [5.41, 5.74) is 1.13. The van der Waals surface area contributed by atoms with Crippen LogP contribution in [0.1, 0.15) is 13.8 Å². The lowest BCUT2D eigenvalue weighted by Gasteiger charge is -1.99. The number of hydrogen-bond donors (Lipinski definition) is 1. The molecule has 0 saturated heterocycles. The fourth-order valence-electron chi connectivity index (χ4n) is 0.415. The zero-order valence-corrected chi connectivity index (χ0v) is 8.41. The number of hydrogen-bond acceptors (Lipinski definition) is 1. The maximum absolute atomic E-state index is 10.8. The van der Waals surface area contributed by atoms with Crippen LogP contribution in [0.15, 0.2) is 10.8 Å². The topological polar surface area (TPSA) is 29.1 Å². The van der Waals surface area contributed by atoms with E-state index in [0.29, 0.717) is 0 Å². The van der Waals surface area contributed by atoms with Gasteiger partial charge in [0.1, 0.15) is 0 Å². The van der Waals surface area contributed by atoms with E-state index in [1.807, 2.05) is 13.8 Å². The molecule has 0 radical (unpaired) electrons. The Hall–Kier alpha value is -0.573. The van der Waals surface area contributed by atoms with Gasteiger partial charge in [-0.2, -0.15) is 0 Å². The van der Waals surface area contributed by atoms with E-state index in [2.05, 4.69) is 5.32 Å². The van der Waals surface area contributed by atoms with Crippen LogP contribution >= 0.6 is 0 Å². The van der Waals surface area contributed by atoms with E-state index in [1.165, 1.54) is 0 Å². The molecule has 0 bridgehead atoms. The molecule has 0 aromatic carbocycles. The number of allylic oxidation sites excluding steroid dienone is 1. The third-order valence-corrected chi connectivity index (χ3v) is 2.77. The summed E-state index contributed by atoms with van der Waals surface area (Å²) in [6.45, 7) is 3.91. The molecule has 0 aromatic heterocycles. The molecule has 9 heavy (non-hydrogen) atoms. The average molecular weight is 143 g/mol. The smallest absolute Gasteiger partial charge is 0.241 e. The van der Waals surface area contributed by atoms with Crippen LogP contribution in [0.4, 0.5) is 0 Å². The SMILES string of the molecule is CNC(=O)C([SiH3])=C(C)C. The summed E-state index contributed by atoms with van der Waals surface area (Å²) in [5, 5.41) is 3.53. The van der Waals surface area contributed by atoms with Crippen LogP contribution in [0.25, 0.3) is 0 Å². The summed E-state index contributed by atoms with van der Waals surface area (Å²) < 4.78 is 0. The van der Waals surface area contributed by atoms with Crippen molar-refractivity contribution in [3.8, 4) is 0 Å². The summed E-state index contributed by atoms with van der Waals surface area (Å²) in [5.74, 6) is 0.0710. The molecule has 0 heterocycles. The van der Waals surface area contributed by atoms with Crippen molar-refractivity contribution in [2.45, 2.75) is 13.8 Å². The van der Waals surface area contributed by atoms with Crippen molar-refractivity contribution < 1.29 is 4.79 Å². The summed E-state index contributed by atoms with van der Waals surface area (Å²) in [7, 11) is 2.49. The Balaban J connectivity index is 4.21. The quantitative estimate of drug-likeness (QED) is 0.385. The molecule has 3 heteroatoms. The average Bonchev–Trinajstić information content (AvgIpc) is 1.84. The highest BCUT2D eigenvalue weighted by atomic mass is 28.1.